The molecule has 1 amide bonds. The van der Waals surface area contributed by atoms with Crippen molar-refractivity contribution in [3.63, 3.8) is 0 Å². The molecule has 0 aliphatic carbocycles. The number of hydrogen-bond donors (Lipinski definition) is 1. The van der Waals surface area contributed by atoms with Gasteiger partial charge in [0.1, 0.15) is 6.10 Å². The molecular formula is C32H43NO2. The number of fused-ring (bicyclic) bond motifs is 1. The van der Waals surface area contributed by atoms with Gasteiger partial charge in [-0.3, -0.25) is 4.79 Å². The van der Waals surface area contributed by atoms with Crippen LogP contribution in [0.25, 0.3) is 10.8 Å². The summed E-state index contributed by atoms with van der Waals surface area (Å²) in [6.45, 7) is 8.84. The summed E-state index contributed by atoms with van der Waals surface area (Å²) in [5.74, 6) is 0.0746. The van der Waals surface area contributed by atoms with Crippen LogP contribution in [0.4, 0.5) is 0 Å². The second-order valence-corrected chi connectivity index (χ2v) is 9.74. The third kappa shape index (κ3) is 6.32. The van der Waals surface area contributed by atoms with Gasteiger partial charge in [-0.1, -0.05) is 120 Å². The molecule has 35 heavy (non-hydrogen) atoms. The number of carbonyl (C=O) groups is 1. The molecule has 188 valence electrons. The van der Waals surface area contributed by atoms with Gasteiger partial charge < -0.3 is 10.0 Å². The minimum atomic E-state index is -0.854. The third-order valence-electron chi connectivity index (χ3n) is 7.09. The summed E-state index contributed by atoms with van der Waals surface area (Å²) in [6.07, 6.45) is 7.37. The molecule has 1 atom stereocenters. The molecule has 0 aliphatic heterocycles. The largest absolute Gasteiger partial charge is 0.384 e. The highest BCUT2D eigenvalue weighted by Gasteiger charge is 2.33. The number of carbonyl (C=O) groups excluding carboxylic acids is 1. The first-order chi connectivity index (χ1) is 17.1. The molecule has 0 aliphatic rings. The van der Waals surface area contributed by atoms with Gasteiger partial charge >= 0.3 is 0 Å². The molecule has 0 saturated heterocycles. The van der Waals surface area contributed by atoms with Crippen molar-refractivity contribution in [3.05, 3.63) is 83.4 Å². The fourth-order valence-electron chi connectivity index (χ4n) is 5.51. The second-order valence-electron chi connectivity index (χ2n) is 9.74. The Morgan fingerprint density at radius 2 is 1.23 bits per heavy atom. The quantitative estimate of drug-likeness (QED) is 0.271. The van der Waals surface area contributed by atoms with Gasteiger partial charge in [0.25, 0.3) is 5.91 Å². The van der Waals surface area contributed by atoms with Gasteiger partial charge in [-0.2, -0.15) is 0 Å². The number of aliphatic hydroxyl groups is 1. The Morgan fingerprint density at radius 1 is 0.714 bits per heavy atom. The Morgan fingerprint density at radius 3 is 1.77 bits per heavy atom. The molecule has 3 nitrogen and oxygen atoms in total. The van der Waals surface area contributed by atoms with Crippen molar-refractivity contribution in [1.29, 1.82) is 0 Å². The van der Waals surface area contributed by atoms with E-state index in [9.17, 15) is 9.90 Å². The first-order valence-corrected chi connectivity index (χ1v) is 13.6. The van der Waals surface area contributed by atoms with Crippen molar-refractivity contribution in [2.24, 2.45) is 0 Å². The predicted octanol–water partition coefficient (Wildman–Crippen LogP) is 8.30. The van der Waals surface area contributed by atoms with Gasteiger partial charge in [0.2, 0.25) is 0 Å². The number of hydrogen-bond acceptors (Lipinski definition) is 2. The predicted molar refractivity (Wildman–Crippen MR) is 148 cm³/mol. The van der Waals surface area contributed by atoms with Gasteiger partial charge in [-0.15, -0.1) is 0 Å². The summed E-state index contributed by atoms with van der Waals surface area (Å²) < 4.78 is 0. The first kappa shape index (κ1) is 26.9. The molecule has 1 N–H and O–H groups in total. The third-order valence-corrected chi connectivity index (χ3v) is 7.09. The van der Waals surface area contributed by atoms with Crippen LogP contribution in [0, 0.1) is 0 Å². The van der Waals surface area contributed by atoms with Crippen LogP contribution in [0.2, 0.25) is 0 Å². The zero-order chi connectivity index (χ0) is 25.2. The molecule has 0 bridgehead atoms. The van der Waals surface area contributed by atoms with Crippen molar-refractivity contribution in [1.82, 2.24) is 4.90 Å². The Bertz CT molecular complexity index is 1030. The highest BCUT2D eigenvalue weighted by molar-refractivity contribution is 6.08. The standard InChI is InChI=1S/C32H43NO2/c1-5-14-26(15-6-2)33(27(16-7-3)17-8-4)32(35)30-28-21-13-12-18-24(28)22-23-29(30)31(34)25-19-10-9-11-20-25/h9-13,18-23,26-27,31,34H,5-8,14-17H2,1-4H3/t31-/m0/s1. The summed E-state index contributed by atoms with van der Waals surface area (Å²) >= 11 is 0. The first-order valence-electron chi connectivity index (χ1n) is 13.6. The van der Waals surface area contributed by atoms with E-state index in [0.717, 1.165) is 67.7 Å². The van der Waals surface area contributed by atoms with Gasteiger partial charge in [0.05, 0.1) is 5.56 Å². The van der Waals surface area contributed by atoms with Crippen LogP contribution < -0.4 is 0 Å². The smallest absolute Gasteiger partial charge is 0.255 e. The van der Waals surface area contributed by atoms with Crippen LogP contribution in [0.1, 0.15) is 107 Å². The fourth-order valence-corrected chi connectivity index (χ4v) is 5.51. The van der Waals surface area contributed by atoms with Gasteiger partial charge in [-0.05, 0) is 47.6 Å². The molecule has 0 saturated carbocycles. The molecule has 0 heterocycles. The van der Waals surface area contributed by atoms with Gasteiger partial charge in [0, 0.05) is 12.1 Å². The van der Waals surface area contributed by atoms with E-state index in [1.165, 1.54) is 0 Å². The molecule has 3 aromatic carbocycles. The summed E-state index contributed by atoms with van der Waals surface area (Å²) in [5.41, 5.74) is 2.16. The summed E-state index contributed by atoms with van der Waals surface area (Å²) in [7, 11) is 0. The van der Waals surface area contributed by atoms with Crippen molar-refractivity contribution in [2.75, 3.05) is 0 Å². The molecule has 0 unspecified atom stereocenters. The molecule has 3 rings (SSSR count). The number of nitrogens with zero attached hydrogens (tertiary/aromatic N) is 1. The van der Waals surface area contributed by atoms with Crippen molar-refractivity contribution in [3.8, 4) is 0 Å². The zero-order valence-corrected chi connectivity index (χ0v) is 22.0. The van der Waals surface area contributed by atoms with Crippen LogP contribution in [0.3, 0.4) is 0 Å². The summed E-state index contributed by atoms with van der Waals surface area (Å²) in [5, 5.41) is 13.4. The lowest BCUT2D eigenvalue weighted by Gasteiger charge is -2.39. The van der Waals surface area contributed by atoms with Crippen LogP contribution in [0.15, 0.2) is 66.7 Å². The second kappa shape index (κ2) is 13.4. The normalized spacial score (nSPS) is 12.4. The van der Waals surface area contributed by atoms with E-state index in [1.807, 2.05) is 60.7 Å². The average Bonchev–Trinajstić information content (AvgIpc) is 2.88. The monoisotopic (exact) mass is 473 g/mol. The Balaban J connectivity index is 2.22. The van der Waals surface area contributed by atoms with E-state index >= 15 is 0 Å². The summed E-state index contributed by atoms with van der Waals surface area (Å²) in [4.78, 5) is 16.9. The zero-order valence-electron chi connectivity index (χ0n) is 22.0. The highest BCUT2D eigenvalue weighted by Crippen LogP contribution is 2.34. The van der Waals surface area contributed by atoms with Crippen LogP contribution in [-0.2, 0) is 0 Å². The Labute approximate surface area is 212 Å². The minimum Gasteiger partial charge on any atom is -0.384 e. The number of rotatable bonds is 13. The molecule has 0 spiro atoms. The maximum atomic E-state index is 14.7. The molecule has 3 heteroatoms. The van der Waals surface area contributed by atoms with Crippen molar-refractivity contribution in [2.45, 2.75) is 97.2 Å². The number of benzene rings is 3. The lowest BCUT2D eigenvalue weighted by Crippen LogP contribution is -2.47. The molecule has 3 aromatic rings. The lowest BCUT2D eigenvalue weighted by atomic mass is 9.89. The molecular weight excluding hydrogens is 430 g/mol. The van der Waals surface area contributed by atoms with E-state index in [-0.39, 0.29) is 18.0 Å². The van der Waals surface area contributed by atoms with Gasteiger partial charge in [0.15, 0.2) is 0 Å². The molecule has 0 fully saturated rings. The Hall–Kier alpha value is -2.65. The SMILES string of the molecule is CCCC(CCC)N(C(=O)c1c([C@@H](O)c2ccccc2)ccc2ccccc12)C(CCC)CCC. The van der Waals surface area contributed by atoms with E-state index in [0.29, 0.717) is 11.1 Å². The van der Waals surface area contributed by atoms with Crippen molar-refractivity contribution < 1.29 is 9.90 Å². The van der Waals surface area contributed by atoms with E-state index < -0.39 is 6.10 Å². The van der Waals surface area contributed by atoms with Crippen LogP contribution in [-0.4, -0.2) is 28.0 Å². The fraction of sp³-hybridized carbons (Fsp3) is 0.469. The van der Waals surface area contributed by atoms with Crippen LogP contribution >= 0.6 is 0 Å². The topological polar surface area (TPSA) is 40.5 Å². The lowest BCUT2D eigenvalue weighted by molar-refractivity contribution is 0.0508. The maximum Gasteiger partial charge on any atom is 0.255 e. The average molecular weight is 474 g/mol. The maximum absolute atomic E-state index is 14.7. The van der Waals surface area contributed by atoms with Gasteiger partial charge in [-0.25, -0.2) is 0 Å². The number of amides is 1. The highest BCUT2D eigenvalue weighted by atomic mass is 16.3. The number of aliphatic hydroxyl groups excluding tert-OH is 1. The van der Waals surface area contributed by atoms with E-state index in [1.54, 1.807) is 0 Å². The molecule has 0 radical (unpaired) electrons. The minimum absolute atomic E-state index is 0.0746. The molecule has 0 aromatic heterocycles. The van der Waals surface area contributed by atoms with Crippen molar-refractivity contribution >= 4 is 16.7 Å². The Kier molecular flexibility index (Phi) is 10.3. The van der Waals surface area contributed by atoms with Crippen LogP contribution in [0.5, 0.6) is 0 Å². The van der Waals surface area contributed by atoms with E-state index in [2.05, 4.69) is 38.7 Å². The summed E-state index contributed by atoms with van der Waals surface area (Å²) in [6, 6.07) is 22.2. The van der Waals surface area contributed by atoms with E-state index in [4.69, 9.17) is 0 Å².